The van der Waals surface area contributed by atoms with Gasteiger partial charge in [-0.2, -0.15) is 0 Å². The molecule has 0 bridgehead atoms. The highest BCUT2D eigenvalue weighted by molar-refractivity contribution is 6.04. The summed E-state index contributed by atoms with van der Waals surface area (Å²) in [6.45, 7) is 3.33. The number of pyridine rings is 1. The Bertz CT molecular complexity index is 847. The van der Waals surface area contributed by atoms with Crippen LogP contribution in [0.1, 0.15) is 22.8 Å². The predicted octanol–water partition coefficient (Wildman–Crippen LogP) is 4.39. The lowest BCUT2D eigenvalue weighted by Gasteiger charge is -2.08. The van der Waals surface area contributed by atoms with Crippen LogP contribution in [-0.4, -0.2) is 24.0 Å². The summed E-state index contributed by atoms with van der Waals surface area (Å²) < 4.78 is 5.39. The van der Waals surface area contributed by atoms with Gasteiger partial charge in [0.05, 0.1) is 12.2 Å². The first-order valence-corrected chi connectivity index (χ1v) is 9.02. The van der Waals surface area contributed by atoms with Gasteiger partial charge in [-0.05, 0) is 55.3 Å². The van der Waals surface area contributed by atoms with Gasteiger partial charge in [-0.1, -0.05) is 30.3 Å². The van der Waals surface area contributed by atoms with Crippen LogP contribution < -0.4 is 15.4 Å². The highest BCUT2D eigenvalue weighted by atomic mass is 16.5. The molecule has 27 heavy (non-hydrogen) atoms. The van der Waals surface area contributed by atoms with Crippen LogP contribution in [0.5, 0.6) is 5.75 Å². The van der Waals surface area contributed by atoms with Gasteiger partial charge >= 0.3 is 0 Å². The number of nitrogens with zero attached hydrogens (tertiary/aromatic N) is 1. The summed E-state index contributed by atoms with van der Waals surface area (Å²) in [5.41, 5.74) is 2.50. The first-order chi connectivity index (χ1) is 13.2. The molecule has 0 unspecified atom stereocenters. The van der Waals surface area contributed by atoms with Gasteiger partial charge in [0, 0.05) is 18.4 Å². The summed E-state index contributed by atoms with van der Waals surface area (Å²) in [7, 11) is 0. The zero-order valence-corrected chi connectivity index (χ0v) is 15.3. The minimum Gasteiger partial charge on any atom is -0.494 e. The first kappa shape index (κ1) is 18.5. The smallest absolute Gasteiger partial charge is 0.257 e. The summed E-state index contributed by atoms with van der Waals surface area (Å²) in [6.07, 6.45) is 2.50. The molecule has 3 aromatic rings. The molecule has 3 rings (SSSR count). The van der Waals surface area contributed by atoms with E-state index in [1.54, 1.807) is 12.3 Å². The number of anilines is 2. The Balaban J connectivity index is 1.50. The Morgan fingerprint density at radius 2 is 1.78 bits per heavy atom. The maximum absolute atomic E-state index is 12.3. The zero-order chi connectivity index (χ0) is 18.9. The fourth-order valence-corrected chi connectivity index (χ4v) is 2.62. The third-order valence-corrected chi connectivity index (χ3v) is 4.01. The van der Waals surface area contributed by atoms with Gasteiger partial charge in [0.15, 0.2) is 0 Å². The molecule has 0 spiro atoms. The normalized spacial score (nSPS) is 10.3. The molecule has 0 fully saturated rings. The van der Waals surface area contributed by atoms with Crippen molar-refractivity contribution in [3.05, 3.63) is 84.1 Å². The number of ether oxygens (including phenoxy) is 1. The monoisotopic (exact) mass is 361 g/mol. The summed E-state index contributed by atoms with van der Waals surface area (Å²) in [4.78, 5) is 16.7. The van der Waals surface area contributed by atoms with Crippen molar-refractivity contribution in [3.63, 3.8) is 0 Å². The van der Waals surface area contributed by atoms with Gasteiger partial charge in [-0.25, -0.2) is 4.98 Å². The number of aromatic nitrogens is 1. The predicted molar refractivity (Wildman–Crippen MR) is 108 cm³/mol. The van der Waals surface area contributed by atoms with E-state index < -0.39 is 0 Å². The Kier molecular flexibility index (Phi) is 6.41. The fourth-order valence-electron chi connectivity index (χ4n) is 2.62. The SMILES string of the molecule is CCOc1ccc(NC(=O)c2ccc(NCCc3ccccc3)nc2)cc1. The van der Waals surface area contributed by atoms with Crippen LogP contribution in [0.2, 0.25) is 0 Å². The van der Waals surface area contributed by atoms with Crippen molar-refractivity contribution >= 4 is 17.4 Å². The van der Waals surface area contributed by atoms with Crippen molar-refractivity contribution in [1.82, 2.24) is 4.98 Å². The van der Waals surface area contributed by atoms with Crippen LogP contribution in [0.4, 0.5) is 11.5 Å². The lowest BCUT2D eigenvalue weighted by molar-refractivity contribution is 0.102. The maximum Gasteiger partial charge on any atom is 0.257 e. The summed E-state index contributed by atoms with van der Waals surface area (Å²) in [5, 5.41) is 6.13. The third-order valence-electron chi connectivity index (χ3n) is 4.01. The molecule has 5 heteroatoms. The number of benzene rings is 2. The molecule has 0 atom stereocenters. The van der Waals surface area contributed by atoms with Crippen LogP contribution in [0.25, 0.3) is 0 Å². The number of hydrogen-bond donors (Lipinski definition) is 2. The Morgan fingerprint density at radius 3 is 2.44 bits per heavy atom. The van der Waals surface area contributed by atoms with E-state index in [2.05, 4.69) is 27.8 Å². The molecule has 1 aromatic heterocycles. The highest BCUT2D eigenvalue weighted by Crippen LogP contribution is 2.16. The summed E-state index contributed by atoms with van der Waals surface area (Å²) in [6, 6.07) is 21.2. The minimum absolute atomic E-state index is 0.192. The van der Waals surface area contributed by atoms with Crippen LogP contribution in [0.3, 0.4) is 0 Å². The largest absolute Gasteiger partial charge is 0.494 e. The number of hydrogen-bond acceptors (Lipinski definition) is 4. The Hall–Kier alpha value is -3.34. The van der Waals surface area contributed by atoms with Crippen molar-refractivity contribution in [2.24, 2.45) is 0 Å². The van der Waals surface area contributed by atoms with E-state index in [9.17, 15) is 4.79 Å². The lowest BCUT2D eigenvalue weighted by atomic mass is 10.1. The number of carbonyl (C=O) groups excluding carboxylic acids is 1. The summed E-state index contributed by atoms with van der Waals surface area (Å²) in [5.74, 6) is 1.34. The molecule has 138 valence electrons. The highest BCUT2D eigenvalue weighted by Gasteiger charge is 2.07. The van der Waals surface area contributed by atoms with Gasteiger partial charge in [-0.15, -0.1) is 0 Å². The van der Waals surface area contributed by atoms with Gasteiger partial charge in [0.1, 0.15) is 11.6 Å². The van der Waals surface area contributed by atoms with E-state index in [0.717, 1.165) is 24.5 Å². The van der Waals surface area contributed by atoms with Crippen LogP contribution in [0, 0.1) is 0 Å². The van der Waals surface area contributed by atoms with Gasteiger partial charge < -0.3 is 15.4 Å². The average Bonchev–Trinajstić information content (AvgIpc) is 2.71. The third kappa shape index (κ3) is 5.57. The van der Waals surface area contributed by atoms with Gasteiger partial charge in [0.25, 0.3) is 5.91 Å². The lowest BCUT2D eigenvalue weighted by Crippen LogP contribution is -2.13. The second-order valence-corrected chi connectivity index (χ2v) is 6.01. The molecule has 0 saturated heterocycles. The van der Waals surface area contributed by atoms with E-state index in [1.807, 2.05) is 55.5 Å². The standard InChI is InChI=1S/C22H23N3O2/c1-2-27-20-11-9-19(10-12-20)25-22(26)18-8-13-21(24-16-18)23-15-14-17-6-4-3-5-7-17/h3-13,16H,2,14-15H2,1H3,(H,23,24)(H,25,26). The molecule has 1 amide bonds. The molecule has 2 N–H and O–H groups in total. The Labute approximate surface area is 159 Å². The van der Waals surface area contributed by atoms with Crippen molar-refractivity contribution in [1.29, 1.82) is 0 Å². The molecule has 0 aliphatic carbocycles. The van der Waals surface area contributed by atoms with Gasteiger partial charge in [-0.3, -0.25) is 4.79 Å². The second-order valence-electron chi connectivity index (χ2n) is 6.01. The van der Waals surface area contributed by atoms with Crippen LogP contribution in [0.15, 0.2) is 72.9 Å². The molecule has 0 aliphatic rings. The fraction of sp³-hybridized carbons (Fsp3) is 0.182. The van der Waals surface area contributed by atoms with E-state index >= 15 is 0 Å². The first-order valence-electron chi connectivity index (χ1n) is 9.02. The van der Waals surface area contributed by atoms with Crippen LogP contribution in [-0.2, 0) is 6.42 Å². The van der Waals surface area contributed by atoms with E-state index in [4.69, 9.17) is 4.74 Å². The maximum atomic E-state index is 12.3. The Morgan fingerprint density at radius 1 is 1.00 bits per heavy atom. The zero-order valence-electron chi connectivity index (χ0n) is 15.3. The molecule has 0 aliphatic heterocycles. The topological polar surface area (TPSA) is 63.2 Å². The molecular formula is C22H23N3O2. The van der Waals surface area contributed by atoms with Crippen molar-refractivity contribution in [2.75, 3.05) is 23.8 Å². The number of nitrogens with one attached hydrogen (secondary N) is 2. The molecular weight excluding hydrogens is 338 g/mol. The average molecular weight is 361 g/mol. The molecule has 2 aromatic carbocycles. The number of rotatable bonds is 8. The molecule has 5 nitrogen and oxygen atoms in total. The van der Waals surface area contributed by atoms with Crippen molar-refractivity contribution in [2.45, 2.75) is 13.3 Å². The van der Waals surface area contributed by atoms with Crippen molar-refractivity contribution < 1.29 is 9.53 Å². The van der Waals surface area contributed by atoms with E-state index in [1.165, 1.54) is 5.56 Å². The van der Waals surface area contributed by atoms with E-state index in [0.29, 0.717) is 17.9 Å². The number of amides is 1. The molecule has 0 saturated carbocycles. The van der Waals surface area contributed by atoms with Crippen molar-refractivity contribution in [3.8, 4) is 5.75 Å². The van der Waals surface area contributed by atoms with Crippen LogP contribution >= 0.6 is 0 Å². The minimum atomic E-state index is -0.192. The molecule has 1 heterocycles. The quantitative estimate of drug-likeness (QED) is 0.625. The van der Waals surface area contributed by atoms with E-state index in [-0.39, 0.29) is 5.91 Å². The number of carbonyl (C=O) groups is 1. The second kappa shape index (κ2) is 9.38. The molecule has 0 radical (unpaired) electrons. The summed E-state index contributed by atoms with van der Waals surface area (Å²) >= 11 is 0. The van der Waals surface area contributed by atoms with Gasteiger partial charge in [0.2, 0.25) is 0 Å².